The van der Waals surface area contributed by atoms with Gasteiger partial charge in [-0.3, -0.25) is 4.79 Å². The first-order valence-corrected chi connectivity index (χ1v) is 8.01. The van der Waals surface area contributed by atoms with Crippen molar-refractivity contribution in [2.24, 2.45) is 0 Å². The number of aromatic nitrogens is 3. The summed E-state index contributed by atoms with van der Waals surface area (Å²) in [6, 6.07) is 11.7. The largest absolute Gasteiger partial charge is 0.320 e. The predicted octanol–water partition coefficient (Wildman–Crippen LogP) is 3.46. The van der Waals surface area contributed by atoms with E-state index >= 15 is 0 Å². The third-order valence-corrected chi connectivity index (χ3v) is 4.23. The molecule has 0 saturated heterocycles. The molecule has 0 aliphatic heterocycles. The summed E-state index contributed by atoms with van der Waals surface area (Å²) in [5, 5.41) is 10.1. The van der Waals surface area contributed by atoms with E-state index in [1.54, 1.807) is 22.6 Å². The highest BCUT2D eigenvalue weighted by molar-refractivity contribution is 14.1. The minimum absolute atomic E-state index is 0.0213. The first kappa shape index (κ1) is 16.5. The molecule has 1 heterocycles. The predicted molar refractivity (Wildman–Crippen MR) is 92.6 cm³/mol. The van der Waals surface area contributed by atoms with Crippen molar-refractivity contribution in [3.05, 3.63) is 75.1 Å². The Balaban J connectivity index is 1.72. The van der Waals surface area contributed by atoms with Crippen LogP contribution in [0.3, 0.4) is 0 Å². The van der Waals surface area contributed by atoms with Crippen molar-refractivity contribution in [3.63, 3.8) is 0 Å². The van der Waals surface area contributed by atoms with E-state index in [1.807, 2.05) is 30.3 Å². The first-order valence-electron chi connectivity index (χ1n) is 6.93. The van der Waals surface area contributed by atoms with Crippen molar-refractivity contribution in [2.45, 2.75) is 6.54 Å². The highest BCUT2D eigenvalue weighted by Gasteiger charge is 2.14. The van der Waals surface area contributed by atoms with Crippen LogP contribution in [-0.4, -0.2) is 20.9 Å². The van der Waals surface area contributed by atoms with Crippen molar-refractivity contribution < 1.29 is 13.6 Å². The third-order valence-electron chi connectivity index (χ3n) is 3.20. The van der Waals surface area contributed by atoms with Crippen molar-refractivity contribution in [2.75, 3.05) is 5.32 Å². The second kappa shape index (κ2) is 7.04. The minimum Gasteiger partial charge on any atom is -0.320 e. The SMILES string of the molecule is O=C(Nc1cc(F)c(I)c(F)c1)c1cn(Cc2ccccc2)nn1. The van der Waals surface area contributed by atoms with Crippen LogP contribution in [0.15, 0.2) is 48.7 Å². The fourth-order valence-electron chi connectivity index (χ4n) is 2.07. The number of amides is 1. The van der Waals surface area contributed by atoms with Crippen LogP contribution in [0.1, 0.15) is 16.1 Å². The lowest BCUT2D eigenvalue weighted by Gasteiger charge is -2.05. The molecule has 1 amide bonds. The Bertz CT molecular complexity index is 860. The molecule has 0 aliphatic carbocycles. The molecule has 0 saturated carbocycles. The highest BCUT2D eigenvalue weighted by atomic mass is 127. The summed E-state index contributed by atoms with van der Waals surface area (Å²) in [5.74, 6) is -2.06. The normalized spacial score (nSPS) is 10.6. The summed E-state index contributed by atoms with van der Waals surface area (Å²) in [6.07, 6.45) is 1.47. The summed E-state index contributed by atoms with van der Waals surface area (Å²) in [7, 11) is 0. The van der Waals surface area contributed by atoms with Crippen LogP contribution < -0.4 is 5.32 Å². The Labute approximate surface area is 149 Å². The maximum absolute atomic E-state index is 13.5. The molecule has 122 valence electrons. The molecule has 3 rings (SSSR count). The fourth-order valence-corrected chi connectivity index (χ4v) is 2.38. The number of halogens is 3. The molecule has 2 aromatic carbocycles. The Hall–Kier alpha value is -2.36. The van der Waals surface area contributed by atoms with Crippen molar-refractivity contribution >= 4 is 34.2 Å². The molecular formula is C16H11F2IN4O. The highest BCUT2D eigenvalue weighted by Crippen LogP contribution is 2.20. The molecule has 24 heavy (non-hydrogen) atoms. The number of hydrogen-bond acceptors (Lipinski definition) is 3. The Kier molecular flexibility index (Phi) is 4.84. The van der Waals surface area contributed by atoms with Crippen LogP contribution in [0, 0.1) is 15.2 Å². The van der Waals surface area contributed by atoms with Crippen LogP contribution in [-0.2, 0) is 6.54 Å². The Morgan fingerprint density at radius 1 is 1.17 bits per heavy atom. The van der Waals surface area contributed by atoms with E-state index in [0.717, 1.165) is 17.7 Å². The van der Waals surface area contributed by atoms with Gasteiger partial charge in [-0.05, 0) is 40.3 Å². The molecule has 0 bridgehead atoms. The number of hydrogen-bond donors (Lipinski definition) is 1. The number of nitrogens with zero attached hydrogens (tertiary/aromatic N) is 3. The molecule has 5 nitrogen and oxygen atoms in total. The monoisotopic (exact) mass is 440 g/mol. The molecule has 0 unspecified atom stereocenters. The zero-order valence-corrected chi connectivity index (χ0v) is 14.4. The van der Waals surface area contributed by atoms with Gasteiger partial charge in [0.05, 0.1) is 16.3 Å². The van der Waals surface area contributed by atoms with Gasteiger partial charge in [0, 0.05) is 5.69 Å². The van der Waals surface area contributed by atoms with Gasteiger partial charge in [-0.1, -0.05) is 35.5 Å². The first-order chi connectivity index (χ1) is 11.5. The number of carbonyl (C=O) groups is 1. The van der Waals surface area contributed by atoms with Gasteiger partial charge < -0.3 is 5.32 Å². The number of benzene rings is 2. The van der Waals surface area contributed by atoms with Crippen molar-refractivity contribution in [1.29, 1.82) is 0 Å². The van der Waals surface area contributed by atoms with Crippen LogP contribution in [0.4, 0.5) is 14.5 Å². The van der Waals surface area contributed by atoms with Gasteiger partial charge in [-0.25, -0.2) is 13.5 Å². The molecular weight excluding hydrogens is 429 g/mol. The quantitative estimate of drug-likeness (QED) is 0.500. The lowest BCUT2D eigenvalue weighted by molar-refractivity contribution is 0.102. The van der Waals surface area contributed by atoms with E-state index in [-0.39, 0.29) is 15.0 Å². The van der Waals surface area contributed by atoms with E-state index in [9.17, 15) is 13.6 Å². The van der Waals surface area contributed by atoms with Crippen LogP contribution in [0.2, 0.25) is 0 Å². The average Bonchev–Trinajstić information content (AvgIpc) is 3.02. The van der Waals surface area contributed by atoms with E-state index in [0.29, 0.717) is 6.54 Å². The van der Waals surface area contributed by atoms with E-state index in [1.165, 1.54) is 10.9 Å². The summed E-state index contributed by atoms with van der Waals surface area (Å²) >= 11 is 1.56. The van der Waals surface area contributed by atoms with Crippen molar-refractivity contribution in [3.8, 4) is 0 Å². The molecule has 0 aliphatic rings. The van der Waals surface area contributed by atoms with E-state index in [4.69, 9.17) is 0 Å². The number of nitrogens with one attached hydrogen (secondary N) is 1. The summed E-state index contributed by atoms with van der Waals surface area (Å²) in [5.41, 5.74) is 1.09. The number of anilines is 1. The third kappa shape index (κ3) is 3.75. The molecule has 0 radical (unpaired) electrons. The molecule has 3 aromatic rings. The molecule has 0 spiro atoms. The summed E-state index contributed by atoms with van der Waals surface area (Å²) in [6.45, 7) is 0.466. The maximum atomic E-state index is 13.5. The second-order valence-corrected chi connectivity index (χ2v) is 6.07. The zero-order chi connectivity index (χ0) is 17.1. The van der Waals surface area contributed by atoms with Gasteiger partial charge in [-0.15, -0.1) is 5.10 Å². The second-order valence-electron chi connectivity index (χ2n) is 4.99. The van der Waals surface area contributed by atoms with Crippen molar-refractivity contribution in [1.82, 2.24) is 15.0 Å². The van der Waals surface area contributed by atoms with Gasteiger partial charge in [0.15, 0.2) is 5.69 Å². The number of rotatable bonds is 4. The molecule has 8 heteroatoms. The van der Waals surface area contributed by atoms with E-state index < -0.39 is 17.5 Å². The molecule has 1 N–H and O–H groups in total. The standard InChI is InChI=1S/C16H11F2IN4O/c17-12-6-11(7-13(18)15(12)19)20-16(24)14-9-23(22-21-14)8-10-4-2-1-3-5-10/h1-7,9H,8H2,(H,20,24). The smallest absolute Gasteiger partial charge is 0.277 e. The Morgan fingerprint density at radius 2 is 1.83 bits per heavy atom. The van der Waals surface area contributed by atoms with Gasteiger partial charge in [0.25, 0.3) is 5.91 Å². The molecule has 0 atom stereocenters. The minimum atomic E-state index is -0.737. The zero-order valence-electron chi connectivity index (χ0n) is 12.2. The number of carbonyl (C=O) groups excluding carboxylic acids is 1. The summed E-state index contributed by atoms with van der Waals surface area (Å²) in [4.78, 5) is 12.1. The van der Waals surface area contributed by atoms with Crippen LogP contribution >= 0.6 is 22.6 Å². The lowest BCUT2D eigenvalue weighted by atomic mass is 10.2. The summed E-state index contributed by atoms with van der Waals surface area (Å²) < 4.78 is 28.4. The molecule has 0 fully saturated rings. The van der Waals surface area contributed by atoms with Crippen LogP contribution in [0.25, 0.3) is 0 Å². The lowest BCUT2D eigenvalue weighted by Crippen LogP contribution is -2.13. The van der Waals surface area contributed by atoms with Gasteiger partial charge in [0.2, 0.25) is 0 Å². The molecule has 1 aromatic heterocycles. The van der Waals surface area contributed by atoms with Gasteiger partial charge in [-0.2, -0.15) is 0 Å². The maximum Gasteiger partial charge on any atom is 0.277 e. The van der Waals surface area contributed by atoms with Crippen LogP contribution in [0.5, 0.6) is 0 Å². The average molecular weight is 440 g/mol. The fraction of sp³-hybridized carbons (Fsp3) is 0.0625. The van der Waals surface area contributed by atoms with Gasteiger partial charge >= 0.3 is 0 Å². The van der Waals surface area contributed by atoms with E-state index in [2.05, 4.69) is 15.6 Å². The topological polar surface area (TPSA) is 59.8 Å². The van der Waals surface area contributed by atoms with Gasteiger partial charge in [0.1, 0.15) is 11.6 Å². The Morgan fingerprint density at radius 3 is 2.50 bits per heavy atom.